The zero-order valence-electron chi connectivity index (χ0n) is 15.9. The van der Waals surface area contributed by atoms with Gasteiger partial charge in [-0.15, -0.1) is 0 Å². The Morgan fingerprint density at radius 3 is 2.86 bits per heavy atom. The van der Waals surface area contributed by atoms with Crippen LogP contribution in [0.15, 0.2) is 36.4 Å². The van der Waals surface area contributed by atoms with Gasteiger partial charge in [-0.2, -0.15) is 0 Å². The lowest BCUT2D eigenvalue weighted by Gasteiger charge is -2.33. The van der Waals surface area contributed by atoms with E-state index in [9.17, 15) is 14.5 Å². The van der Waals surface area contributed by atoms with Crippen molar-refractivity contribution in [3.63, 3.8) is 0 Å². The van der Waals surface area contributed by atoms with Gasteiger partial charge in [-0.05, 0) is 24.1 Å². The maximum atomic E-state index is 14.3. The number of nitrogens with one attached hydrogen (secondary N) is 2. The van der Waals surface area contributed by atoms with E-state index in [4.69, 9.17) is 4.74 Å². The smallest absolute Gasteiger partial charge is 0.311 e. The number of hydrogen-bond acceptors (Lipinski definition) is 7. The highest BCUT2D eigenvalue weighted by molar-refractivity contribution is 5.78. The highest BCUT2D eigenvalue weighted by Gasteiger charge is 2.25. The molecule has 1 aromatic carbocycles. The van der Waals surface area contributed by atoms with Crippen LogP contribution in [-0.2, 0) is 4.74 Å². The van der Waals surface area contributed by atoms with Crippen LogP contribution >= 0.6 is 0 Å². The number of nitro groups is 1. The summed E-state index contributed by atoms with van der Waals surface area (Å²) in [4.78, 5) is 16.9. The summed E-state index contributed by atoms with van der Waals surface area (Å²) in [6.45, 7) is 5.61. The summed E-state index contributed by atoms with van der Waals surface area (Å²) in [5.74, 6) is 1.04. The second kappa shape index (κ2) is 8.83. The number of rotatable bonds is 7. The van der Waals surface area contributed by atoms with E-state index in [0.717, 1.165) is 0 Å². The molecule has 1 saturated heterocycles. The Morgan fingerprint density at radius 2 is 2.14 bits per heavy atom. The van der Waals surface area contributed by atoms with Crippen molar-refractivity contribution in [1.82, 2.24) is 4.98 Å². The maximum Gasteiger partial charge on any atom is 0.311 e. The standard InChI is InChI=1S/C19H24FN5O3/c1-13(2)11-21-18-8-7-16(25(26)27)19(23-18)22-14-5-3-4-6-15(14)24-9-10-28-12-17(24)20/h3-8,13,17H,9-12H2,1-2H3,(H2,21,22,23). The monoisotopic (exact) mass is 389 g/mol. The Morgan fingerprint density at radius 1 is 1.36 bits per heavy atom. The number of halogens is 1. The second-order valence-corrected chi connectivity index (χ2v) is 6.94. The van der Waals surface area contributed by atoms with Crippen molar-refractivity contribution in [2.45, 2.75) is 20.1 Å². The summed E-state index contributed by atoms with van der Waals surface area (Å²) in [5.41, 5.74) is 1.00. The first-order valence-electron chi connectivity index (χ1n) is 9.19. The number of benzene rings is 1. The summed E-state index contributed by atoms with van der Waals surface area (Å²) < 4.78 is 19.5. The van der Waals surface area contributed by atoms with E-state index < -0.39 is 11.2 Å². The van der Waals surface area contributed by atoms with E-state index in [0.29, 0.717) is 42.8 Å². The molecule has 1 aliphatic heterocycles. The van der Waals surface area contributed by atoms with Crippen LogP contribution in [0.4, 0.5) is 33.1 Å². The summed E-state index contributed by atoms with van der Waals surface area (Å²) in [6, 6.07) is 10.1. The van der Waals surface area contributed by atoms with Gasteiger partial charge >= 0.3 is 5.69 Å². The van der Waals surface area contributed by atoms with Gasteiger partial charge in [0.15, 0.2) is 6.30 Å². The third-order valence-corrected chi connectivity index (χ3v) is 4.30. The van der Waals surface area contributed by atoms with Crippen molar-refractivity contribution in [1.29, 1.82) is 0 Å². The number of pyridine rings is 1. The molecule has 1 fully saturated rings. The van der Waals surface area contributed by atoms with Crippen molar-refractivity contribution in [3.05, 3.63) is 46.5 Å². The van der Waals surface area contributed by atoms with Crippen LogP contribution in [0.25, 0.3) is 0 Å². The van der Waals surface area contributed by atoms with Gasteiger partial charge in [0, 0.05) is 19.2 Å². The molecule has 2 heterocycles. The first-order valence-corrected chi connectivity index (χ1v) is 9.19. The van der Waals surface area contributed by atoms with Crippen LogP contribution in [-0.4, -0.2) is 42.5 Å². The SMILES string of the molecule is CC(C)CNc1ccc([N+](=O)[O-])c(Nc2ccccc2N2CCOCC2F)n1. The molecule has 1 aromatic heterocycles. The van der Waals surface area contributed by atoms with Crippen LogP contribution in [0.1, 0.15) is 13.8 Å². The van der Waals surface area contributed by atoms with E-state index in [1.54, 1.807) is 35.2 Å². The lowest BCUT2D eigenvalue weighted by atomic mass is 10.2. The number of alkyl halides is 1. The van der Waals surface area contributed by atoms with E-state index in [-0.39, 0.29) is 18.1 Å². The van der Waals surface area contributed by atoms with Gasteiger partial charge in [0.1, 0.15) is 5.82 Å². The summed E-state index contributed by atoms with van der Waals surface area (Å²) in [5, 5.41) is 17.6. The summed E-state index contributed by atoms with van der Waals surface area (Å²) in [6.07, 6.45) is -1.28. The minimum absolute atomic E-state index is 0.0126. The molecule has 2 N–H and O–H groups in total. The number of ether oxygens (including phenoxy) is 1. The normalized spacial score (nSPS) is 16.9. The molecule has 0 bridgehead atoms. The lowest BCUT2D eigenvalue weighted by Crippen LogP contribution is -2.43. The highest BCUT2D eigenvalue weighted by atomic mass is 19.1. The predicted molar refractivity (Wildman–Crippen MR) is 107 cm³/mol. The Bertz CT molecular complexity index is 833. The molecule has 2 aromatic rings. The zero-order valence-corrected chi connectivity index (χ0v) is 15.9. The van der Waals surface area contributed by atoms with Crippen molar-refractivity contribution in [2.24, 2.45) is 5.92 Å². The van der Waals surface area contributed by atoms with Crippen LogP contribution < -0.4 is 15.5 Å². The third kappa shape index (κ3) is 4.66. The minimum Gasteiger partial charge on any atom is -0.375 e. The van der Waals surface area contributed by atoms with Crippen molar-refractivity contribution in [2.75, 3.05) is 41.8 Å². The van der Waals surface area contributed by atoms with Crippen molar-refractivity contribution >= 4 is 28.7 Å². The predicted octanol–water partition coefficient (Wildman–Crippen LogP) is 3.93. The Hall–Kier alpha value is -2.94. The number of aromatic nitrogens is 1. The van der Waals surface area contributed by atoms with Crippen molar-refractivity contribution in [3.8, 4) is 0 Å². The third-order valence-electron chi connectivity index (χ3n) is 4.30. The quantitative estimate of drug-likeness (QED) is 0.421. The van der Waals surface area contributed by atoms with Gasteiger partial charge in [-0.3, -0.25) is 10.1 Å². The van der Waals surface area contributed by atoms with Crippen LogP contribution in [0.3, 0.4) is 0 Å². The fourth-order valence-electron chi connectivity index (χ4n) is 2.90. The van der Waals surface area contributed by atoms with Gasteiger partial charge < -0.3 is 20.3 Å². The molecule has 9 heteroatoms. The molecule has 1 aliphatic rings. The van der Waals surface area contributed by atoms with E-state index in [1.165, 1.54) is 6.07 Å². The molecule has 0 saturated carbocycles. The number of hydrogen-bond donors (Lipinski definition) is 2. The lowest BCUT2D eigenvalue weighted by molar-refractivity contribution is -0.384. The molecule has 150 valence electrons. The molecular weight excluding hydrogens is 365 g/mol. The largest absolute Gasteiger partial charge is 0.375 e. The first kappa shape index (κ1) is 19.8. The van der Waals surface area contributed by atoms with Crippen LogP contribution in [0, 0.1) is 16.0 Å². The molecule has 28 heavy (non-hydrogen) atoms. The molecule has 0 amide bonds. The van der Waals surface area contributed by atoms with Gasteiger partial charge in [0.2, 0.25) is 5.82 Å². The topological polar surface area (TPSA) is 92.6 Å². The molecule has 0 spiro atoms. The fraction of sp³-hybridized carbons (Fsp3) is 0.421. The molecule has 1 unspecified atom stereocenters. The van der Waals surface area contributed by atoms with Gasteiger partial charge in [-0.25, -0.2) is 9.37 Å². The minimum atomic E-state index is -1.28. The van der Waals surface area contributed by atoms with Crippen LogP contribution in [0.5, 0.6) is 0 Å². The molecule has 0 aliphatic carbocycles. The van der Waals surface area contributed by atoms with E-state index in [2.05, 4.69) is 29.5 Å². The highest BCUT2D eigenvalue weighted by Crippen LogP contribution is 2.34. The average molecular weight is 389 g/mol. The molecule has 0 radical (unpaired) electrons. The number of nitrogens with zero attached hydrogens (tertiary/aromatic N) is 3. The summed E-state index contributed by atoms with van der Waals surface area (Å²) >= 11 is 0. The molecule has 3 rings (SSSR count). The number of anilines is 4. The number of morpholine rings is 1. The van der Waals surface area contributed by atoms with Gasteiger partial charge in [-0.1, -0.05) is 26.0 Å². The van der Waals surface area contributed by atoms with Crippen LogP contribution in [0.2, 0.25) is 0 Å². The maximum absolute atomic E-state index is 14.3. The second-order valence-electron chi connectivity index (χ2n) is 6.94. The molecule has 8 nitrogen and oxygen atoms in total. The van der Waals surface area contributed by atoms with E-state index >= 15 is 0 Å². The van der Waals surface area contributed by atoms with Crippen molar-refractivity contribution < 1.29 is 14.1 Å². The van der Waals surface area contributed by atoms with E-state index in [1.807, 2.05) is 0 Å². The van der Waals surface area contributed by atoms with Gasteiger partial charge in [0.05, 0.1) is 29.5 Å². The Balaban J connectivity index is 1.92. The fourth-order valence-corrected chi connectivity index (χ4v) is 2.90. The first-order chi connectivity index (χ1) is 13.5. The average Bonchev–Trinajstić information content (AvgIpc) is 2.67. The van der Waals surface area contributed by atoms with Gasteiger partial charge in [0.25, 0.3) is 0 Å². The summed E-state index contributed by atoms with van der Waals surface area (Å²) in [7, 11) is 0. The Kier molecular flexibility index (Phi) is 6.25. The zero-order chi connectivity index (χ0) is 20.1. The Labute approximate surface area is 162 Å². The molecular formula is C19H24FN5O3. The number of para-hydroxylation sites is 2. The molecule has 1 atom stereocenters.